The molecule has 2 aromatic heterocycles. The topological polar surface area (TPSA) is 27.1 Å². The Morgan fingerprint density at radius 1 is 1.17 bits per heavy atom. The fourth-order valence-electron chi connectivity index (χ4n) is 3.19. The zero-order chi connectivity index (χ0) is 20.6. The van der Waals surface area contributed by atoms with E-state index in [9.17, 15) is 13.2 Å². The third-order valence-corrected chi connectivity index (χ3v) is 5.80. The minimum absolute atomic E-state index is 0.104. The predicted octanol–water partition coefficient (Wildman–Crippen LogP) is 6.98. The van der Waals surface area contributed by atoms with Gasteiger partial charge in [-0.25, -0.2) is 4.98 Å². The number of aromatic nitrogens is 2. The van der Waals surface area contributed by atoms with Crippen molar-refractivity contribution in [2.24, 2.45) is 0 Å². The molecule has 1 atom stereocenters. The highest BCUT2D eigenvalue weighted by Crippen LogP contribution is 2.37. The van der Waals surface area contributed by atoms with Gasteiger partial charge in [0.1, 0.15) is 23.2 Å². The van der Waals surface area contributed by atoms with Crippen LogP contribution in [0.5, 0.6) is 5.75 Å². The molecular formula is C21H16ClF3N2OS. The van der Waals surface area contributed by atoms with Gasteiger partial charge in [0, 0.05) is 22.9 Å². The first-order valence-electron chi connectivity index (χ1n) is 8.80. The number of benzene rings is 2. The second-order valence-corrected chi connectivity index (χ2v) is 7.69. The van der Waals surface area contributed by atoms with Crippen LogP contribution in [0.4, 0.5) is 13.2 Å². The highest BCUT2D eigenvalue weighted by atomic mass is 35.5. The van der Waals surface area contributed by atoms with Gasteiger partial charge in [-0.2, -0.15) is 13.2 Å². The molecule has 29 heavy (non-hydrogen) atoms. The fourth-order valence-corrected chi connectivity index (χ4v) is 4.16. The van der Waals surface area contributed by atoms with Crippen LogP contribution in [-0.4, -0.2) is 9.55 Å². The summed E-state index contributed by atoms with van der Waals surface area (Å²) >= 11 is 7.36. The Hall–Kier alpha value is -2.51. The van der Waals surface area contributed by atoms with Gasteiger partial charge in [0.15, 0.2) is 0 Å². The Kier molecular flexibility index (Phi) is 5.27. The molecular weight excluding hydrogens is 421 g/mol. The van der Waals surface area contributed by atoms with E-state index in [0.29, 0.717) is 11.6 Å². The average Bonchev–Trinajstić information content (AvgIpc) is 3.33. The SMILES string of the molecule is C[C@@H](Oc1csc(-n2cnc3ccc(CCl)cc32)c1)c1ccccc1C(F)(F)F. The van der Waals surface area contributed by atoms with E-state index < -0.39 is 17.8 Å². The van der Waals surface area contributed by atoms with Crippen molar-refractivity contribution in [3.05, 3.63) is 76.9 Å². The van der Waals surface area contributed by atoms with Crippen molar-refractivity contribution in [2.45, 2.75) is 25.1 Å². The maximum absolute atomic E-state index is 13.3. The first-order chi connectivity index (χ1) is 13.9. The number of hydrogen-bond acceptors (Lipinski definition) is 3. The van der Waals surface area contributed by atoms with Crippen LogP contribution in [0.3, 0.4) is 0 Å². The number of ether oxygens (including phenoxy) is 1. The summed E-state index contributed by atoms with van der Waals surface area (Å²) in [4.78, 5) is 4.39. The molecule has 0 N–H and O–H groups in total. The first-order valence-corrected chi connectivity index (χ1v) is 10.2. The molecule has 0 aliphatic carbocycles. The minimum Gasteiger partial charge on any atom is -0.485 e. The third kappa shape index (κ3) is 3.97. The van der Waals surface area contributed by atoms with Crippen LogP contribution in [0.1, 0.15) is 29.7 Å². The molecule has 4 rings (SSSR count). The quantitative estimate of drug-likeness (QED) is 0.315. The number of halogens is 4. The maximum atomic E-state index is 13.3. The lowest BCUT2D eigenvalue weighted by atomic mass is 10.0. The molecule has 0 amide bonds. The van der Waals surface area contributed by atoms with E-state index in [-0.39, 0.29) is 5.56 Å². The number of thiophene rings is 1. The lowest BCUT2D eigenvalue weighted by molar-refractivity contribution is -0.138. The van der Waals surface area contributed by atoms with Gasteiger partial charge in [0.2, 0.25) is 0 Å². The number of rotatable bonds is 5. The molecule has 8 heteroatoms. The van der Waals surface area contributed by atoms with Crippen LogP contribution >= 0.6 is 22.9 Å². The van der Waals surface area contributed by atoms with Crippen LogP contribution in [0, 0.1) is 0 Å². The Bertz CT molecular complexity index is 1150. The normalized spacial score (nSPS) is 13.0. The van der Waals surface area contributed by atoms with Gasteiger partial charge in [0.25, 0.3) is 0 Å². The summed E-state index contributed by atoms with van der Waals surface area (Å²) in [5.41, 5.74) is 2.14. The van der Waals surface area contributed by atoms with E-state index in [1.807, 2.05) is 22.8 Å². The van der Waals surface area contributed by atoms with E-state index in [1.165, 1.54) is 23.5 Å². The van der Waals surface area contributed by atoms with Gasteiger partial charge in [-0.1, -0.05) is 24.3 Å². The van der Waals surface area contributed by atoms with Crippen molar-refractivity contribution in [1.29, 1.82) is 0 Å². The van der Waals surface area contributed by atoms with Crippen LogP contribution in [0.2, 0.25) is 0 Å². The minimum atomic E-state index is -4.43. The molecule has 4 aromatic rings. The summed E-state index contributed by atoms with van der Waals surface area (Å²) in [5, 5.41) is 2.63. The molecule has 0 saturated carbocycles. The summed E-state index contributed by atoms with van der Waals surface area (Å²) in [5.74, 6) is 0.903. The van der Waals surface area contributed by atoms with Gasteiger partial charge < -0.3 is 4.74 Å². The van der Waals surface area contributed by atoms with Crippen LogP contribution in [0.25, 0.3) is 16.0 Å². The third-order valence-electron chi connectivity index (χ3n) is 4.58. The first kappa shape index (κ1) is 19.8. The molecule has 0 radical (unpaired) electrons. The highest BCUT2D eigenvalue weighted by Gasteiger charge is 2.34. The summed E-state index contributed by atoms with van der Waals surface area (Å²) in [6.07, 6.45) is -3.47. The van der Waals surface area contributed by atoms with Gasteiger partial charge in [-0.15, -0.1) is 22.9 Å². The van der Waals surface area contributed by atoms with Crippen molar-refractivity contribution in [3.63, 3.8) is 0 Å². The van der Waals surface area contributed by atoms with Gasteiger partial charge in [-0.05, 0) is 30.7 Å². The molecule has 0 fully saturated rings. The molecule has 150 valence electrons. The second kappa shape index (κ2) is 7.72. The van der Waals surface area contributed by atoms with E-state index in [1.54, 1.807) is 30.8 Å². The predicted molar refractivity (Wildman–Crippen MR) is 109 cm³/mol. The Morgan fingerprint density at radius 3 is 2.72 bits per heavy atom. The Labute approximate surface area is 174 Å². The van der Waals surface area contributed by atoms with E-state index in [0.717, 1.165) is 27.7 Å². The smallest absolute Gasteiger partial charge is 0.416 e. The fraction of sp³-hybridized carbons (Fsp3) is 0.190. The highest BCUT2D eigenvalue weighted by molar-refractivity contribution is 7.12. The standard InChI is InChI=1S/C21H16ClF3N2OS/c1-13(16-4-2-3-5-17(16)21(23,24)25)28-15-9-20(29-11-15)27-12-26-18-7-6-14(10-22)8-19(18)27/h2-9,11-13H,10H2,1H3/t13-/m1/s1. The lowest BCUT2D eigenvalue weighted by Crippen LogP contribution is -2.13. The maximum Gasteiger partial charge on any atom is 0.416 e. The molecule has 2 heterocycles. The largest absolute Gasteiger partial charge is 0.485 e. The monoisotopic (exact) mass is 436 g/mol. The zero-order valence-electron chi connectivity index (χ0n) is 15.3. The molecule has 0 spiro atoms. The second-order valence-electron chi connectivity index (χ2n) is 6.54. The van der Waals surface area contributed by atoms with Gasteiger partial charge in [-0.3, -0.25) is 4.57 Å². The van der Waals surface area contributed by atoms with Crippen molar-refractivity contribution in [3.8, 4) is 10.8 Å². The van der Waals surface area contributed by atoms with Crippen molar-refractivity contribution >= 4 is 34.0 Å². The number of alkyl halides is 4. The average molecular weight is 437 g/mol. The summed E-state index contributed by atoms with van der Waals surface area (Å²) in [6, 6.07) is 13.1. The Morgan fingerprint density at radius 2 is 1.97 bits per heavy atom. The molecule has 0 saturated heterocycles. The van der Waals surface area contributed by atoms with E-state index in [4.69, 9.17) is 16.3 Å². The van der Waals surface area contributed by atoms with Gasteiger partial charge in [0.05, 0.1) is 16.6 Å². The van der Waals surface area contributed by atoms with Crippen LogP contribution in [0.15, 0.2) is 60.2 Å². The molecule has 2 aromatic carbocycles. The number of imidazole rings is 1. The van der Waals surface area contributed by atoms with Gasteiger partial charge >= 0.3 is 6.18 Å². The van der Waals surface area contributed by atoms with E-state index in [2.05, 4.69) is 4.98 Å². The van der Waals surface area contributed by atoms with Crippen molar-refractivity contribution in [1.82, 2.24) is 9.55 Å². The summed E-state index contributed by atoms with van der Waals surface area (Å²) in [6.45, 7) is 1.61. The van der Waals surface area contributed by atoms with Crippen molar-refractivity contribution in [2.75, 3.05) is 0 Å². The lowest BCUT2D eigenvalue weighted by Gasteiger charge is -2.19. The molecule has 0 bridgehead atoms. The Balaban J connectivity index is 1.61. The molecule has 0 aliphatic rings. The summed E-state index contributed by atoms with van der Waals surface area (Å²) < 4.78 is 47.6. The zero-order valence-corrected chi connectivity index (χ0v) is 16.9. The number of fused-ring (bicyclic) bond motifs is 1. The van der Waals surface area contributed by atoms with E-state index >= 15 is 0 Å². The van der Waals surface area contributed by atoms with Crippen LogP contribution < -0.4 is 4.74 Å². The molecule has 0 aliphatic heterocycles. The summed E-state index contributed by atoms with van der Waals surface area (Å²) in [7, 11) is 0. The van der Waals surface area contributed by atoms with Crippen molar-refractivity contribution < 1.29 is 17.9 Å². The van der Waals surface area contributed by atoms with Crippen LogP contribution in [-0.2, 0) is 12.1 Å². The molecule has 0 unspecified atom stereocenters. The number of nitrogens with zero attached hydrogens (tertiary/aromatic N) is 2. The number of hydrogen-bond donors (Lipinski definition) is 0. The molecule has 3 nitrogen and oxygen atoms in total.